The second-order valence-corrected chi connectivity index (χ2v) is 4.38. The molecule has 4 nitrogen and oxygen atoms in total. The monoisotopic (exact) mass is 225 g/mol. The minimum absolute atomic E-state index is 0.0768. The first-order valence-electron chi connectivity index (χ1n) is 5.98. The third kappa shape index (κ3) is 3.61. The maximum atomic E-state index is 11.8. The first-order valence-corrected chi connectivity index (χ1v) is 5.98. The molecule has 1 amide bonds. The molecule has 0 aromatic rings. The first kappa shape index (κ1) is 13.2. The molecule has 0 bridgehead atoms. The zero-order valence-corrected chi connectivity index (χ0v) is 10.3. The van der Waals surface area contributed by atoms with Crippen molar-refractivity contribution in [3.63, 3.8) is 0 Å². The molecule has 0 aromatic heterocycles. The van der Waals surface area contributed by atoms with Gasteiger partial charge in [0.15, 0.2) is 0 Å². The van der Waals surface area contributed by atoms with Gasteiger partial charge in [-0.2, -0.15) is 0 Å². The summed E-state index contributed by atoms with van der Waals surface area (Å²) in [7, 11) is 2.02. The lowest BCUT2D eigenvalue weighted by atomic mass is 10.0. The van der Waals surface area contributed by atoms with Crippen molar-refractivity contribution in [1.82, 2.24) is 15.5 Å². The normalized spacial score (nSPS) is 22.8. The highest BCUT2D eigenvalue weighted by molar-refractivity contribution is 5.81. The standard InChI is InChI=1S/C12H23N3O/c1-4-7-14-12(16)10(2)15(3)11-6-5-8-13-9-11/h4,10-11,13H,1,5-9H2,2-3H3,(H,14,16). The molecular formula is C12H23N3O. The van der Waals surface area contributed by atoms with E-state index in [0.717, 1.165) is 13.1 Å². The van der Waals surface area contributed by atoms with Crippen LogP contribution in [-0.4, -0.2) is 49.6 Å². The summed E-state index contributed by atoms with van der Waals surface area (Å²) in [5.74, 6) is 0.0768. The van der Waals surface area contributed by atoms with Gasteiger partial charge in [-0.15, -0.1) is 6.58 Å². The topological polar surface area (TPSA) is 44.4 Å². The molecule has 92 valence electrons. The predicted octanol–water partition coefficient (Wildman–Crippen LogP) is 0.361. The van der Waals surface area contributed by atoms with E-state index in [0.29, 0.717) is 12.6 Å². The minimum Gasteiger partial charge on any atom is -0.351 e. The molecule has 0 spiro atoms. The SMILES string of the molecule is C=CCNC(=O)C(C)N(C)C1CCCNC1. The van der Waals surface area contributed by atoms with E-state index >= 15 is 0 Å². The van der Waals surface area contributed by atoms with Crippen molar-refractivity contribution >= 4 is 5.91 Å². The Kier molecular flexibility index (Phi) is 5.49. The zero-order chi connectivity index (χ0) is 12.0. The van der Waals surface area contributed by atoms with Gasteiger partial charge in [-0.25, -0.2) is 0 Å². The number of amides is 1. The van der Waals surface area contributed by atoms with Crippen LogP contribution in [0.4, 0.5) is 0 Å². The van der Waals surface area contributed by atoms with Crippen LogP contribution >= 0.6 is 0 Å². The van der Waals surface area contributed by atoms with Crippen LogP contribution in [0.3, 0.4) is 0 Å². The van der Waals surface area contributed by atoms with E-state index in [1.54, 1.807) is 6.08 Å². The summed E-state index contributed by atoms with van der Waals surface area (Å²) in [5, 5.41) is 6.20. The third-order valence-corrected chi connectivity index (χ3v) is 3.26. The summed E-state index contributed by atoms with van der Waals surface area (Å²) >= 11 is 0. The van der Waals surface area contributed by atoms with Crippen molar-refractivity contribution in [1.29, 1.82) is 0 Å². The summed E-state index contributed by atoms with van der Waals surface area (Å²) < 4.78 is 0. The Hall–Kier alpha value is -0.870. The number of hydrogen-bond acceptors (Lipinski definition) is 3. The smallest absolute Gasteiger partial charge is 0.237 e. The van der Waals surface area contributed by atoms with Gasteiger partial charge >= 0.3 is 0 Å². The maximum Gasteiger partial charge on any atom is 0.237 e. The van der Waals surface area contributed by atoms with Crippen LogP contribution in [0, 0.1) is 0 Å². The molecule has 2 N–H and O–H groups in total. The third-order valence-electron chi connectivity index (χ3n) is 3.26. The van der Waals surface area contributed by atoms with Crippen molar-refractivity contribution < 1.29 is 4.79 Å². The summed E-state index contributed by atoms with van der Waals surface area (Å²) in [6.45, 7) is 8.16. The van der Waals surface area contributed by atoms with Gasteiger partial charge in [0.25, 0.3) is 0 Å². The Morgan fingerprint density at radius 3 is 3.06 bits per heavy atom. The number of nitrogens with zero attached hydrogens (tertiary/aromatic N) is 1. The van der Waals surface area contributed by atoms with E-state index in [4.69, 9.17) is 0 Å². The summed E-state index contributed by atoms with van der Waals surface area (Å²) in [4.78, 5) is 13.9. The van der Waals surface area contributed by atoms with Gasteiger partial charge < -0.3 is 10.6 Å². The number of rotatable bonds is 5. The second kappa shape index (κ2) is 6.66. The quantitative estimate of drug-likeness (QED) is 0.664. The molecular weight excluding hydrogens is 202 g/mol. The lowest BCUT2D eigenvalue weighted by Gasteiger charge is -2.35. The Bertz CT molecular complexity index is 236. The van der Waals surface area contributed by atoms with E-state index < -0.39 is 0 Å². The zero-order valence-electron chi connectivity index (χ0n) is 10.3. The number of piperidine rings is 1. The number of hydrogen-bond donors (Lipinski definition) is 2. The van der Waals surface area contributed by atoms with Crippen molar-refractivity contribution in [2.75, 3.05) is 26.7 Å². The molecule has 2 atom stereocenters. The van der Waals surface area contributed by atoms with Crippen LogP contribution < -0.4 is 10.6 Å². The number of carbonyl (C=O) groups is 1. The molecule has 0 aliphatic carbocycles. The number of likely N-dealkylation sites (N-methyl/N-ethyl adjacent to an activating group) is 1. The van der Waals surface area contributed by atoms with Crippen LogP contribution in [0.5, 0.6) is 0 Å². The van der Waals surface area contributed by atoms with Crippen molar-refractivity contribution in [2.45, 2.75) is 31.8 Å². The van der Waals surface area contributed by atoms with E-state index in [-0.39, 0.29) is 11.9 Å². The van der Waals surface area contributed by atoms with Gasteiger partial charge in [-0.05, 0) is 33.4 Å². The van der Waals surface area contributed by atoms with Gasteiger partial charge in [0, 0.05) is 19.1 Å². The highest BCUT2D eigenvalue weighted by Crippen LogP contribution is 2.11. The van der Waals surface area contributed by atoms with E-state index in [1.165, 1.54) is 12.8 Å². The van der Waals surface area contributed by atoms with E-state index in [1.807, 2.05) is 14.0 Å². The number of carbonyl (C=O) groups excluding carboxylic acids is 1. The Morgan fingerprint density at radius 2 is 2.50 bits per heavy atom. The molecule has 1 fully saturated rings. The van der Waals surface area contributed by atoms with Crippen LogP contribution in [-0.2, 0) is 4.79 Å². The molecule has 1 aliphatic heterocycles. The van der Waals surface area contributed by atoms with Crippen molar-refractivity contribution in [3.05, 3.63) is 12.7 Å². The predicted molar refractivity (Wildman–Crippen MR) is 66.3 cm³/mol. The molecule has 1 rings (SSSR count). The van der Waals surface area contributed by atoms with Crippen LogP contribution in [0.1, 0.15) is 19.8 Å². The summed E-state index contributed by atoms with van der Waals surface area (Å²) in [6, 6.07) is 0.392. The highest BCUT2D eigenvalue weighted by Gasteiger charge is 2.25. The largest absolute Gasteiger partial charge is 0.351 e. The molecule has 0 saturated carbocycles. The second-order valence-electron chi connectivity index (χ2n) is 4.38. The van der Waals surface area contributed by atoms with E-state index in [2.05, 4.69) is 22.1 Å². The van der Waals surface area contributed by atoms with Crippen LogP contribution in [0.25, 0.3) is 0 Å². The highest BCUT2D eigenvalue weighted by atomic mass is 16.2. The van der Waals surface area contributed by atoms with Gasteiger partial charge in [0.1, 0.15) is 0 Å². The average molecular weight is 225 g/mol. The number of nitrogens with one attached hydrogen (secondary N) is 2. The Labute approximate surface area is 98.1 Å². The van der Waals surface area contributed by atoms with Crippen molar-refractivity contribution in [3.8, 4) is 0 Å². The molecule has 1 heterocycles. The van der Waals surface area contributed by atoms with Gasteiger partial charge in [0.05, 0.1) is 6.04 Å². The fourth-order valence-electron chi connectivity index (χ4n) is 2.00. The molecule has 1 saturated heterocycles. The Morgan fingerprint density at radius 1 is 1.75 bits per heavy atom. The van der Waals surface area contributed by atoms with Crippen molar-refractivity contribution in [2.24, 2.45) is 0 Å². The maximum absolute atomic E-state index is 11.8. The molecule has 4 heteroatoms. The summed E-state index contributed by atoms with van der Waals surface area (Å²) in [5.41, 5.74) is 0. The van der Waals surface area contributed by atoms with Gasteiger partial charge in [-0.1, -0.05) is 6.08 Å². The van der Waals surface area contributed by atoms with Crippen LogP contribution in [0.15, 0.2) is 12.7 Å². The Balaban J connectivity index is 2.41. The lowest BCUT2D eigenvalue weighted by Crippen LogP contribution is -2.52. The molecule has 0 aromatic carbocycles. The summed E-state index contributed by atoms with van der Waals surface area (Å²) in [6.07, 6.45) is 4.06. The average Bonchev–Trinajstić information content (AvgIpc) is 2.35. The van der Waals surface area contributed by atoms with Gasteiger partial charge in [-0.3, -0.25) is 9.69 Å². The lowest BCUT2D eigenvalue weighted by molar-refractivity contribution is -0.126. The fraction of sp³-hybridized carbons (Fsp3) is 0.750. The minimum atomic E-state index is -0.0788. The molecule has 0 radical (unpaired) electrons. The molecule has 1 aliphatic rings. The molecule has 16 heavy (non-hydrogen) atoms. The van der Waals surface area contributed by atoms with Crippen LogP contribution in [0.2, 0.25) is 0 Å². The molecule has 2 unspecified atom stereocenters. The first-order chi connectivity index (χ1) is 7.66. The van der Waals surface area contributed by atoms with E-state index in [9.17, 15) is 4.79 Å². The fourth-order valence-corrected chi connectivity index (χ4v) is 2.00. The van der Waals surface area contributed by atoms with Gasteiger partial charge in [0.2, 0.25) is 5.91 Å².